The zero-order valence-electron chi connectivity index (χ0n) is 11.1. The Morgan fingerprint density at radius 2 is 2.17 bits per heavy atom. The number of hydrogen-bond donors (Lipinski definition) is 0. The summed E-state index contributed by atoms with van der Waals surface area (Å²) in [4.78, 5) is 4.32. The van der Waals surface area contributed by atoms with Crippen LogP contribution in [-0.2, 0) is 9.84 Å². The summed E-state index contributed by atoms with van der Waals surface area (Å²) < 4.78 is 24.9. The van der Waals surface area contributed by atoms with Crippen LogP contribution in [0, 0.1) is 13.8 Å². The lowest BCUT2D eigenvalue weighted by Gasteiger charge is -2.24. The highest BCUT2D eigenvalue weighted by atomic mass is 32.2. The molecule has 18 heavy (non-hydrogen) atoms. The van der Waals surface area contributed by atoms with Gasteiger partial charge in [-0.05, 0) is 39.7 Å². The van der Waals surface area contributed by atoms with E-state index in [-0.39, 0.29) is 11.9 Å². The third-order valence-corrected chi connectivity index (χ3v) is 6.24. The molecule has 0 radical (unpaired) electrons. The fourth-order valence-corrected chi connectivity index (χ4v) is 5.51. The van der Waals surface area contributed by atoms with Gasteiger partial charge in [-0.25, -0.2) is 8.42 Å². The first-order valence-electron chi connectivity index (χ1n) is 6.05. The van der Waals surface area contributed by atoms with Gasteiger partial charge in [0, 0.05) is 21.5 Å². The Balaban J connectivity index is 2.27. The maximum Gasteiger partial charge on any atom is 0.197 e. The molecule has 1 fully saturated rings. The van der Waals surface area contributed by atoms with Crippen molar-refractivity contribution in [2.24, 2.45) is 0 Å². The van der Waals surface area contributed by atoms with Crippen LogP contribution in [0.25, 0.3) is 0 Å². The molecule has 0 spiro atoms. The average Bonchev–Trinajstić information content (AvgIpc) is 2.75. The van der Waals surface area contributed by atoms with E-state index in [9.17, 15) is 8.42 Å². The second-order valence-corrected chi connectivity index (χ2v) is 8.33. The number of aryl methyl sites for hydroxylation is 2. The van der Waals surface area contributed by atoms with Gasteiger partial charge in [0.25, 0.3) is 0 Å². The van der Waals surface area contributed by atoms with Crippen molar-refractivity contribution in [2.45, 2.75) is 44.6 Å². The van der Waals surface area contributed by atoms with Gasteiger partial charge in [0.05, 0.1) is 4.90 Å². The van der Waals surface area contributed by atoms with Gasteiger partial charge in [-0.3, -0.25) is 0 Å². The Bertz CT molecular complexity index is 572. The van der Waals surface area contributed by atoms with Gasteiger partial charge >= 0.3 is 0 Å². The van der Waals surface area contributed by atoms with E-state index in [2.05, 4.69) is 13.5 Å². The van der Waals surface area contributed by atoms with E-state index < -0.39 is 9.84 Å². The third-order valence-electron chi connectivity index (χ3n) is 3.43. The fraction of sp³-hybridized carbons (Fsp3) is 0.538. The molecule has 3 nitrogen and oxygen atoms in total. The molecule has 0 N–H and O–H groups in total. The van der Waals surface area contributed by atoms with Crippen molar-refractivity contribution in [3.8, 4) is 0 Å². The molecule has 0 bridgehead atoms. The summed E-state index contributed by atoms with van der Waals surface area (Å²) in [5.41, 5.74) is 0.940. The number of thiophene rings is 1. The van der Waals surface area contributed by atoms with Crippen LogP contribution in [0.5, 0.6) is 0 Å². The van der Waals surface area contributed by atoms with Gasteiger partial charge in [-0.15, -0.1) is 11.3 Å². The molecule has 1 aromatic rings. The fourth-order valence-electron chi connectivity index (χ4n) is 2.37. The summed E-state index contributed by atoms with van der Waals surface area (Å²) in [6.45, 7) is 9.82. The SMILES string of the molecule is C=C1CC[C@H](C)N1CS(=O)(=O)c1cc(C)sc1C. The molecule has 1 aliphatic heterocycles. The van der Waals surface area contributed by atoms with Gasteiger partial charge in [0.1, 0.15) is 5.88 Å². The van der Waals surface area contributed by atoms with Crippen molar-refractivity contribution in [1.82, 2.24) is 4.90 Å². The van der Waals surface area contributed by atoms with Crippen molar-refractivity contribution in [3.05, 3.63) is 28.1 Å². The standard InChI is InChI=1S/C13H19NO2S2/c1-9-5-6-10(2)14(9)8-18(15,16)13-7-11(3)17-12(13)4/h7,10H,1,5-6,8H2,2-4H3/t10-/m0/s1. The van der Waals surface area contributed by atoms with E-state index in [1.54, 1.807) is 6.07 Å². The molecule has 0 saturated carbocycles. The third kappa shape index (κ3) is 2.47. The predicted molar refractivity (Wildman–Crippen MR) is 75.5 cm³/mol. The summed E-state index contributed by atoms with van der Waals surface area (Å²) >= 11 is 1.54. The predicted octanol–water partition coefficient (Wildman–Crippen LogP) is 3.09. The molecule has 1 saturated heterocycles. The van der Waals surface area contributed by atoms with Crippen molar-refractivity contribution < 1.29 is 8.42 Å². The summed E-state index contributed by atoms with van der Waals surface area (Å²) in [7, 11) is -3.24. The van der Waals surface area contributed by atoms with Crippen molar-refractivity contribution in [1.29, 1.82) is 0 Å². The van der Waals surface area contributed by atoms with Gasteiger partial charge in [0.15, 0.2) is 9.84 Å². The maximum absolute atomic E-state index is 12.4. The molecule has 1 aromatic heterocycles. The molecule has 2 heterocycles. The molecule has 0 unspecified atom stereocenters. The Morgan fingerprint density at radius 1 is 1.50 bits per heavy atom. The smallest absolute Gasteiger partial charge is 0.197 e. The van der Waals surface area contributed by atoms with Crippen LogP contribution >= 0.6 is 11.3 Å². The lowest BCUT2D eigenvalue weighted by Crippen LogP contribution is -2.31. The van der Waals surface area contributed by atoms with Gasteiger partial charge in [-0.1, -0.05) is 6.58 Å². The van der Waals surface area contributed by atoms with E-state index >= 15 is 0 Å². The van der Waals surface area contributed by atoms with Crippen LogP contribution in [0.2, 0.25) is 0 Å². The van der Waals surface area contributed by atoms with Gasteiger partial charge in [-0.2, -0.15) is 0 Å². The van der Waals surface area contributed by atoms with Crippen LogP contribution in [0.15, 0.2) is 23.2 Å². The van der Waals surface area contributed by atoms with Crippen LogP contribution in [0.3, 0.4) is 0 Å². The first kappa shape index (κ1) is 13.6. The zero-order valence-corrected chi connectivity index (χ0v) is 12.7. The Hall–Kier alpha value is -0.810. The lowest BCUT2D eigenvalue weighted by atomic mass is 10.2. The second-order valence-electron chi connectivity index (χ2n) is 4.95. The van der Waals surface area contributed by atoms with Crippen LogP contribution in [0.1, 0.15) is 29.5 Å². The van der Waals surface area contributed by atoms with Gasteiger partial charge < -0.3 is 4.90 Å². The molecule has 2 rings (SSSR count). The van der Waals surface area contributed by atoms with E-state index in [1.165, 1.54) is 11.3 Å². The maximum atomic E-state index is 12.4. The molecule has 100 valence electrons. The lowest BCUT2D eigenvalue weighted by molar-refractivity contribution is 0.353. The highest BCUT2D eigenvalue weighted by molar-refractivity contribution is 7.91. The molecular formula is C13H19NO2S2. The van der Waals surface area contributed by atoms with Crippen molar-refractivity contribution in [3.63, 3.8) is 0 Å². The monoisotopic (exact) mass is 285 g/mol. The molecule has 0 aliphatic carbocycles. The minimum Gasteiger partial charge on any atom is -0.358 e. The number of nitrogens with zero attached hydrogens (tertiary/aromatic N) is 1. The first-order chi connectivity index (χ1) is 8.31. The summed E-state index contributed by atoms with van der Waals surface area (Å²) in [6.07, 6.45) is 1.90. The highest BCUT2D eigenvalue weighted by Gasteiger charge is 2.29. The molecule has 1 atom stereocenters. The van der Waals surface area contributed by atoms with E-state index in [1.807, 2.05) is 18.7 Å². The Morgan fingerprint density at radius 3 is 2.61 bits per heavy atom. The van der Waals surface area contributed by atoms with Crippen LogP contribution in [-0.4, -0.2) is 25.2 Å². The van der Waals surface area contributed by atoms with Crippen molar-refractivity contribution in [2.75, 3.05) is 5.88 Å². The first-order valence-corrected chi connectivity index (χ1v) is 8.52. The summed E-state index contributed by atoms with van der Waals surface area (Å²) in [5.74, 6) is 0.0595. The Kier molecular flexibility index (Phi) is 3.56. The minimum atomic E-state index is -3.24. The molecule has 0 aromatic carbocycles. The van der Waals surface area contributed by atoms with E-state index in [0.717, 1.165) is 28.3 Å². The summed E-state index contributed by atoms with van der Waals surface area (Å²) in [6, 6.07) is 2.05. The average molecular weight is 285 g/mol. The summed E-state index contributed by atoms with van der Waals surface area (Å²) in [5, 5.41) is 0. The van der Waals surface area contributed by atoms with Crippen molar-refractivity contribution >= 4 is 21.2 Å². The van der Waals surface area contributed by atoms with E-state index in [0.29, 0.717) is 4.90 Å². The number of likely N-dealkylation sites (tertiary alicyclic amines) is 1. The molecule has 5 heteroatoms. The number of rotatable bonds is 3. The minimum absolute atomic E-state index is 0.0595. The number of hydrogen-bond acceptors (Lipinski definition) is 4. The van der Waals surface area contributed by atoms with Crippen LogP contribution in [0.4, 0.5) is 0 Å². The zero-order chi connectivity index (χ0) is 13.5. The van der Waals surface area contributed by atoms with Gasteiger partial charge in [0.2, 0.25) is 0 Å². The Labute approximate surface area is 113 Å². The highest BCUT2D eigenvalue weighted by Crippen LogP contribution is 2.30. The molecule has 1 aliphatic rings. The largest absolute Gasteiger partial charge is 0.358 e. The molecular weight excluding hydrogens is 266 g/mol. The second kappa shape index (κ2) is 4.70. The number of allylic oxidation sites excluding steroid dienone is 1. The van der Waals surface area contributed by atoms with Crippen LogP contribution < -0.4 is 0 Å². The quantitative estimate of drug-likeness (QED) is 0.856. The van der Waals surface area contributed by atoms with E-state index in [4.69, 9.17) is 0 Å². The number of sulfone groups is 1. The topological polar surface area (TPSA) is 37.4 Å². The molecule has 0 amide bonds. The normalized spacial score (nSPS) is 20.7.